The smallest absolute Gasteiger partial charge is 0.362 e. The number of carbonyl (C=O) groups is 1. The van der Waals surface area contributed by atoms with E-state index in [-0.39, 0.29) is 28.3 Å². The Kier molecular flexibility index (Phi) is 5.43. The van der Waals surface area contributed by atoms with Crippen molar-refractivity contribution in [2.24, 2.45) is 0 Å². The Morgan fingerprint density at radius 2 is 1.82 bits per heavy atom. The summed E-state index contributed by atoms with van der Waals surface area (Å²) in [6, 6.07) is 13.3. The molecule has 0 bridgehead atoms. The molecular formula is C24H18F5N3O. The normalized spacial score (nSPS) is 16.8. The molecule has 0 amide bonds. The third-order valence-electron chi connectivity index (χ3n) is 5.58. The average molecular weight is 459 g/mol. The van der Waals surface area contributed by atoms with Gasteiger partial charge in [-0.25, -0.2) is 8.78 Å². The number of rotatable bonds is 5. The number of ketones is 1. The summed E-state index contributed by atoms with van der Waals surface area (Å²) in [6.07, 6.45) is -2.36. The standard InChI is InChI=1S/C24H18F5N3O/c1-14-18-9-10-20(32(18)19-8-3-2-7-17(19)23(14,25)26)22(30)21(33)11-12-31-16-6-4-5-15(13-16)24(27,28)29/h2-14,30-31H,1H3/b12-11-,30-22?. The number of fused-ring (bicyclic) bond motifs is 3. The number of anilines is 1. The zero-order valence-electron chi connectivity index (χ0n) is 17.3. The first kappa shape index (κ1) is 22.4. The van der Waals surface area contributed by atoms with Crippen molar-refractivity contribution in [1.29, 1.82) is 5.41 Å². The molecule has 0 fully saturated rings. The van der Waals surface area contributed by atoms with Crippen LogP contribution in [0.1, 0.15) is 35.4 Å². The van der Waals surface area contributed by atoms with Crippen LogP contribution in [0.2, 0.25) is 0 Å². The maximum atomic E-state index is 14.8. The molecule has 1 aliphatic rings. The molecule has 0 saturated heterocycles. The van der Waals surface area contributed by atoms with Crippen LogP contribution in [-0.2, 0) is 16.9 Å². The zero-order valence-corrected chi connectivity index (χ0v) is 17.3. The molecular weight excluding hydrogens is 441 g/mol. The lowest BCUT2D eigenvalue weighted by molar-refractivity contribution is -0.137. The molecule has 0 aliphatic carbocycles. The quantitative estimate of drug-likeness (QED) is 0.269. The number of hydrogen-bond acceptors (Lipinski definition) is 3. The van der Waals surface area contributed by atoms with E-state index in [0.29, 0.717) is 0 Å². The molecule has 4 rings (SSSR count). The van der Waals surface area contributed by atoms with Crippen molar-refractivity contribution < 1.29 is 26.7 Å². The van der Waals surface area contributed by atoms with Crippen molar-refractivity contribution in [3.63, 3.8) is 0 Å². The summed E-state index contributed by atoms with van der Waals surface area (Å²) in [4.78, 5) is 12.6. The monoisotopic (exact) mass is 459 g/mol. The molecule has 1 aromatic heterocycles. The van der Waals surface area contributed by atoms with E-state index in [4.69, 9.17) is 5.41 Å². The van der Waals surface area contributed by atoms with Gasteiger partial charge in [-0.05, 0) is 36.4 Å². The van der Waals surface area contributed by atoms with Gasteiger partial charge in [0.2, 0.25) is 5.78 Å². The Morgan fingerprint density at radius 1 is 1.09 bits per heavy atom. The Morgan fingerprint density at radius 3 is 2.55 bits per heavy atom. The summed E-state index contributed by atoms with van der Waals surface area (Å²) >= 11 is 0. The minimum Gasteiger partial charge on any atom is -0.362 e. The number of alkyl halides is 5. The molecule has 2 aromatic carbocycles. The Bertz CT molecular complexity index is 1270. The Labute approximate surface area is 185 Å². The predicted octanol–water partition coefficient (Wildman–Crippen LogP) is 6.27. The van der Waals surface area contributed by atoms with Crippen LogP contribution >= 0.6 is 0 Å². The number of nitrogens with zero attached hydrogens (tertiary/aromatic N) is 1. The third kappa shape index (κ3) is 3.94. The Hall–Kier alpha value is -3.75. The van der Waals surface area contributed by atoms with Crippen molar-refractivity contribution in [2.75, 3.05) is 5.32 Å². The molecule has 2 N–H and O–H groups in total. The second kappa shape index (κ2) is 7.99. The van der Waals surface area contributed by atoms with Crippen LogP contribution in [-0.4, -0.2) is 16.1 Å². The van der Waals surface area contributed by atoms with Crippen molar-refractivity contribution in [2.45, 2.75) is 24.9 Å². The fraction of sp³-hybridized carbons (Fsp3) is 0.167. The van der Waals surface area contributed by atoms with E-state index in [2.05, 4.69) is 5.32 Å². The highest BCUT2D eigenvalue weighted by atomic mass is 19.4. The predicted molar refractivity (Wildman–Crippen MR) is 114 cm³/mol. The summed E-state index contributed by atoms with van der Waals surface area (Å²) in [5.41, 5.74) is -0.736. The topological polar surface area (TPSA) is 57.9 Å². The van der Waals surface area contributed by atoms with Gasteiger partial charge in [0, 0.05) is 29.2 Å². The van der Waals surface area contributed by atoms with Gasteiger partial charge >= 0.3 is 6.18 Å². The lowest BCUT2D eigenvalue weighted by Gasteiger charge is -2.33. The molecule has 1 unspecified atom stereocenters. The van der Waals surface area contributed by atoms with Crippen LogP contribution in [0.15, 0.2) is 72.9 Å². The van der Waals surface area contributed by atoms with Gasteiger partial charge in [0.25, 0.3) is 5.92 Å². The summed E-state index contributed by atoms with van der Waals surface area (Å²) in [6.45, 7) is 1.38. The van der Waals surface area contributed by atoms with Gasteiger partial charge in [-0.1, -0.05) is 31.2 Å². The zero-order chi connectivity index (χ0) is 24.0. The molecule has 0 spiro atoms. The number of halogens is 5. The van der Waals surface area contributed by atoms with E-state index in [1.54, 1.807) is 6.07 Å². The van der Waals surface area contributed by atoms with Crippen molar-refractivity contribution >= 4 is 17.2 Å². The number of nitrogens with one attached hydrogen (secondary N) is 2. The van der Waals surface area contributed by atoms with Gasteiger partial charge in [0.05, 0.1) is 22.9 Å². The van der Waals surface area contributed by atoms with Gasteiger partial charge in [-0.2, -0.15) is 13.2 Å². The average Bonchev–Trinajstić information content (AvgIpc) is 3.22. The number of carbonyl (C=O) groups excluding carboxylic acids is 1. The molecule has 2 heterocycles. The minimum absolute atomic E-state index is 0.116. The first-order valence-corrected chi connectivity index (χ1v) is 9.94. The SMILES string of the molecule is CC1c2ccc(C(=N)C(=O)/C=C\Nc3cccc(C(F)(F)F)c3)n2-c2ccccc2C1(F)F. The molecule has 170 valence electrons. The van der Waals surface area contributed by atoms with Gasteiger partial charge < -0.3 is 9.88 Å². The molecule has 1 aliphatic heterocycles. The largest absolute Gasteiger partial charge is 0.416 e. The number of hydrogen-bond donors (Lipinski definition) is 2. The fourth-order valence-corrected chi connectivity index (χ4v) is 3.83. The number of para-hydroxylation sites is 1. The van der Waals surface area contributed by atoms with Gasteiger partial charge in [-0.3, -0.25) is 10.2 Å². The van der Waals surface area contributed by atoms with E-state index in [0.717, 1.165) is 24.4 Å². The van der Waals surface area contributed by atoms with Gasteiger partial charge in [-0.15, -0.1) is 0 Å². The Balaban J connectivity index is 1.58. The third-order valence-corrected chi connectivity index (χ3v) is 5.58. The van der Waals surface area contributed by atoms with Crippen LogP contribution in [0.5, 0.6) is 0 Å². The van der Waals surface area contributed by atoms with Crippen LogP contribution in [0.4, 0.5) is 27.6 Å². The minimum atomic E-state index is -4.50. The van der Waals surface area contributed by atoms with E-state index in [1.807, 2.05) is 0 Å². The summed E-state index contributed by atoms with van der Waals surface area (Å²) in [7, 11) is 0. The first-order chi connectivity index (χ1) is 15.5. The fourth-order valence-electron chi connectivity index (χ4n) is 3.83. The van der Waals surface area contributed by atoms with Crippen LogP contribution < -0.4 is 5.32 Å². The summed E-state index contributed by atoms with van der Waals surface area (Å²) in [5, 5.41) is 10.9. The van der Waals surface area contributed by atoms with Gasteiger partial charge in [0.15, 0.2) is 0 Å². The molecule has 3 aromatic rings. The molecule has 1 atom stereocenters. The van der Waals surface area contributed by atoms with E-state index in [9.17, 15) is 26.7 Å². The van der Waals surface area contributed by atoms with Crippen molar-refractivity contribution in [1.82, 2.24) is 4.57 Å². The molecule has 4 nitrogen and oxygen atoms in total. The highest BCUT2D eigenvalue weighted by Crippen LogP contribution is 2.49. The van der Waals surface area contributed by atoms with E-state index in [1.165, 1.54) is 54.0 Å². The van der Waals surface area contributed by atoms with E-state index < -0.39 is 35.1 Å². The molecule has 0 radical (unpaired) electrons. The highest BCUT2D eigenvalue weighted by molar-refractivity contribution is 6.48. The maximum Gasteiger partial charge on any atom is 0.416 e. The van der Waals surface area contributed by atoms with Gasteiger partial charge in [0.1, 0.15) is 5.71 Å². The van der Waals surface area contributed by atoms with E-state index >= 15 is 0 Å². The van der Waals surface area contributed by atoms with Crippen LogP contribution in [0, 0.1) is 5.41 Å². The lowest BCUT2D eigenvalue weighted by Crippen LogP contribution is -2.31. The molecule has 0 saturated carbocycles. The highest BCUT2D eigenvalue weighted by Gasteiger charge is 2.46. The first-order valence-electron chi connectivity index (χ1n) is 9.94. The second-order valence-corrected chi connectivity index (χ2v) is 7.64. The molecule has 33 heavy (non-hydrogen) atoms. The number of benzene rings is 2. The molecule has 9 heteroatoms. The van der Waals surface area contributed by atoms with Crippen LogP contribution in [0.3, 0.4) is 0 Å². The summed E-state index contributed by atoms with van der Waals surface area (Å²) in [5.74, 6) is -5.01. The summed E-state index contributed by atoms with van der Waals surface area (Å²) < 4.78 is 69.6. The number of aromatic nitrogens is 1. The van der Waals surface area contributed by atoms with Crippen LogP contribution in [0.25, 0.3) is 5.69 Å². The second-order valence-electron chi connectivity index (χ2n) is 7.64. The number of allylic oxidation sites excluding steroid dienone is 1. The lowest BCUT2D eigenvalue weighted by atomic mass is 9.88. The van der Waals surface area contributed by atoms with Crippen molar-refractivity contribution in [3.8, 4) is 5.69 Å². The van der Waals surface area contributed by atoms with Crippen molar-refractivity contribution in [3.05, 3.63) is 95.5 Å². The maximum absolute atomic E-state index is 14.8.